The van der Waals surface area contributed by atoms with E-state index in [1.165, 1.54) is 38.5 Å². The Kier molecular flexibility index (Phi) is 2.33. The summed E-state index contributed by atoms with van der Waals surface area (Å²) in [4.78, 5) is 0. The lowest BCUT2D eigenvalue weighted by Gasteiger charge is -2.20. The summed E-state index contributed by atoms with van der Waals surface area (Å²) in [6.45, 7) is 3.25. The molecule has 86 valence electrons. The molecule has 0 aromatic rings. The molecule has 15 heavy (non-hydrogen) atoms. The molecule has 0 aromatic carbocycles. The van der Waals surface area contributed by atoms with Gasteiger partial charge in [-0.05, 0) is 63.2 Å². The smallest absolute Gasteiger partial charge is 0.0580 e. The number of hydrogen-bond donors (Lipinski definition) is 1. The molecule has 2 nitrogen and oxygen atoms in total. The summed E-state index contributed by atoms with van der Waals surface area (Å²) in [5.41, 5.74) is 6.33. The molecule has 0 aromatic heterocycles. The average Bonchev–Trinajstić information content (AvgIpc) is 2.82. The fraction of sp³-hybridized carbons (Fsp3) is 1.00. The van der Waals surface area contributed by atoms with Crippen LogP contribution in [0.15, 0.2) is 0 Å². The first-order valence-corrected chi connectivity index (χ1v) is 6.53. The highest BCUT2D eigenvalue weighted by molar-refractivity contribution is 5.00. The lowest BCUT2D eigenvalue weighted by Crippen LogP contribution is -2.33. The highest BCUT2D eigenvalue weighted by Crippen LogP contribution is 2.48. The fourth-order valence-electron chi connectivity index (χ4n) is 3.63. The number of hydrogen-bond acceptors (Lipinski definition) is 2. The van der Waals surface area contributed by atoms with E-state index in [0.717, 1.165) is 24.4 Å². The Bertz CT molecular complexity index is 231. The largest absolute Gasteiger partial charge is 0.378 e. The van der Waals surface area contributed by atoms with Crippen molar-refractivity contribution in [3.8, 4) is 0 Å². The van der Waals surface area contributed by atoms with Crippen LogP contribution in [0.5, 0.6) is 0 Å². The van der Waals surface area contributed by atoms with Crippen LogP contribution >= 0.6 is 0 Å². The maximum absolute atomic E-state index is 6.20. The molecule has 0 heterocycles. The van der Waals surface area contributed by atoms with E-state index >= 15 is 0 Å². The molecule has 0 aliphatic heterocycles. The third-order valence-corrected chi connectivity index (χ3v) is 4.52. The molecule has 4 atom stereocenters. The summed E-state index contributed by atoms with van der Waals surface area (Å²) in [5, 5.41) is 0. The van der Waals surface area contributed by atoms with Gasteiger partial charge in [0.1, 0.15) is 0 Å². The lowest BCUT2D eigenvalue weighted by atomic mass is 9.97. The standard InChI is InChI=1S/C13H23NO/c1-13(14)6-10-4-12(5-11(10)7-13)15-8-9-2-3-9/h9-12H,2-8,14H2,1H3/t10-,11+,12?,13?. The molecule has 3 aliphatic rings. The third-order valence-electron chi connectivity index (χ3n) is 4.52. The minimum absolute atomic E-state index is 0.122. The number of fused-ring (bicyclic) bond motifs is 1. The van der Waals surface area contributed by atoms with E-state index < -0.39 is 0 Å². The van der Waals surface area contributed by atoms with Crippen LogP contribution in [0, 0.1) is 17.8 Å². The average molecular weight is 209 g/mol. The number of nitrogens with two attached hydrogens (primary N) is 1. The zero-order valence-corrected chi connectivity index (χ0v) is 9.74. The predicted molar refractivity (Wildman–Crippen MR) is 60.5 cm³/mol. The van der Waals surface area contributed by atoms with E-state index in [2.05, 4.69) is 6.92 Å². The topological polar surface area (TPSA) is 35.2 Å². The molecule has 0 bridgehead atoms. The first-order chi connectivity index (χ1) is 7.12. The van der Waals surface area contributed by atoms with Crippen molar-refractivity contribution in [2.24, 2.45) is 23.5 Å². The van der Waals surface area contributed by atoms with Gasteiger partial charge in [0.05, 0.1) is 6.10 Å². The Morgan fingerprint density at radius 1 is 1.20 bits per heavy atom. The summed E-state index contributed by atoms with van der Waals surface area (Å²) < 4.78 is 5.99. The monoisotopic (exact) mass is 209 g/mol. The Morgan fingerprint density at radius 2 is 1.80 bits per heavy atom. The van der Waals surface area contributed by atoms with Crippen LogP contribution in [0.2, 0.25) is 0 Å². The van der Waals surface area contributed by atoms with Crippen molar-refractivity contribution < 1.29 is 4.74 Å². The molecular formula is C13H23NO. The number of ether oxygens (including phenoxy) is 1. The van der Waals surface area contributed by atoms with Crippen molar-refractivity contribution in [3.05, 3.63) is 0 Å². The van der Waals surface area contributed by atoms with Gasteiger partial charge in [0, 0.05) is 12.1 Å². The zero-order valence-electron chi connectivity index (χ0n) is 9.74. The maximum Gasteiger partial charge on any atom is 0.0580 e. The molecule has 3 rings (SSSR count). The first-order valence-electron chi connectivity index (χ1n) is 6.53. The lowest BCUT2D eigenvalue weighted by molar-refractivity contribution is 0.0439. The van der Waals surface area contributed by atoms with Gasteiger partial charge in [-0.3, -0.25) is 0 Å². The van der Waals surface area contributed by atoms with Gasteiger partial charge in [0.25, 0.3) is 0 Å². The summed E-state index contributed by atoms with van der Waals surface area (Å²) in [7, 11) is 0. The van der Waals surface area contributed by atoms with E-state index in [4.69, 9.17) is 10.5 Å². The Morgan fingerprint density at radius 3 is 2.33 bits per heavy atom. The van der Waals surface area contributed by atoms with E-state index in [1.54, 1.807) is 0 Å². The first kappa shape index (κ1) is 10.1. The molecule has 2 unspecified atom stereocenters. The summed E-state index contributed by atoms with van der Waals surface area (Å²) in [6.07, 6.45) is 8.38. The molecule has 0 spiro atoms. The SMILES string of the molecule is CC1(N)C[C@H]2CC(OCC3CC3)C[C@H]2C1. The highest BCUT2D eigenvalue weighted by atomic mass is 16.5. The Labute approximate surface area is 92.6 Å². The van der Waals surface area contributed by atoms with Crippen LogP contribution in [-0.4, -0.2) is 18.2 Å². The van der Waals surface area contributed by atoms with Crippen molar-refractivity contribution in [1.82, 2.24) is 0 Å². The fourth-order valence-corrected chi connectivity index (χ4v) is 3.63. The highest BCUT2D eigenvalue weighted by Gasteiger charge is 2.45. The van der Waals surface area contributed by atoms with Gasteiger partial charge in [-0.1, -0.05) is 0 Å². The number of rotatable bonds is 3. The molecule has 0 radical (unpaired) electrons. The third kappa shape index (κ3) is 2.21. The molecule has 3 fully saturated rings. The van der Waals surface area contributed by atoms with Crippen LogP contribution in [0.25, 0.3) is 0 Å². The van der Waals surface area contributed by atoms with Crippen molar-refractivity contribution >= 4 is 0 Å². The molecular weight excluding hydrogens is 186 g/mol. The minimum atomic E-state index is 0.122. The van der Waals surface area contributed by atoms with E-state index in [0.29, 0.717) is 6.10 Å². The molecule has 2 N–H and O–H groups in total. The van der Waals surface area contributed by atoms with E-state index in [1.807, 2.05) is 0 Å². The van der Waals surface area contributed by atoms with Crippen molar-refractivity contribution in [1.29, 1.82) is 0 Å². The van der Waals surface area contributed by atoms with E-state index in [9.17, 15) is 0 Å². The van der Waals surface area contributed by atoms with Gasteiger partial charge in [-0.25, -0.2) is 0 Å². The van der Waals surface area contributed by atoms with Crippen LogP contribution in [0.4, 0.5) is 0 Å². The zero-order chi connectivity index (χ0) is 10.5. The summed E-state index contributed by atoms with van der Waals surface area (Å²) in [6, 6.07) is 0. The van der Waals surface area contributed by atoms with Gasteiger partial charge < -0.3 is 10.5 Å². The van der Waals surface area contributed by atoms with Crippen LogP contribution < -0.4 is 5.73 Å². The second kappa shape index (κ2) is 3.46. The summed E-state index contributed by atoms with van der Waals surface area (Å²) >= 11 is 0. The molecule has 2 heteroatoms. The van der Waals surface area contributed by atoms with Crippen molar-refractivity contribution in [3.63, 3.8) is 0 Å². The minimum Gasteiger partial charge on any atom is -0.378 e. The van der Waals surface area contributed by atoms with Gasteiger partial charge in [-0.15, -0.1) is 0 Å². The second-order valence-electron chi connectivity index (χ2n) is 6.45. The van der Waals surface area contributed by atoms with Gasteiger partial charge >= 0.3 is 0 Å². The Hall–Kier alpha value is -0.0800. The molecule has 0 amide bonds. The van der Waals surface area contributed by atoms with Crippen LogP contribution in [0.3, 0.4) is 0 Å². The van der Waals surface area contributed by atoms with Gasteiger partial charge in [-0.2, -0.15) is 0 Å². The van der Waals surface area contributed by atoms with Crippen molar-refractivity contribution in [2.45, 2.75) is 57.1 Å². The van der Waals surface area contributed by atoms with Crippen LogP contribution in [0.1, 0.15) is 45.4 Å². The van der Waals surface area contributed by atoms with E-state index in [-0.39, 0.29) is 5.54 Å². The van der Waals surface area contributed by atoms with Crippen LogP contribution in [-0.2, 0) is 4.74 Å². The quantitative estimate of drug-likeness (QED) is 0.774. The maximum atomic E-state index is 6.20. The molecule has 3 saturated carbocycles. The Balaban J connectivity index is 1.48. The van der Waals surface area contributed by atoms with Gasteiger partial charge in [0.2, 0.25) is 0 Å². The molecule has 0 saturated heterocycles. The second-order valence-corrected chi connectivity index (χ2v) is 6.45. The van der Waals surface area contributed by atoms with Crippen molar-refractivity contribution in [2.75, 3.05) is 6.61 Å². The summed E-state index contributed by atoms with van der Waals surface area (Å²) in [5.74, 6) is 2.64. The molecule has 3 aliphatic carbocycles. The van der Waals surface area contributed by atoms with Gasteiger partial charge in [0.15, 0.2) is 0 Å². The predicted octanol–water partition coefficient (Wildman–Crippen LogP) is 2.32. The normalized spacial score (nSPS) is 49.6.